The molecule has 0 aliphatic carbocycles. The second-order valence-corrected chi connectivity index (χ2v) is 8.05. The summed E-state index contributed by atoms with van der Waals surface area (Å²) in [5, 5.41) is 18.7. The van der Waals surface area contributed by atoms with E-state index in [1.807, 2.05) is 35.0 Å². The van der Waals surface area contributed by atoms with E-state index in [-0.39, 0.29) is 6.61 Å². The minimum atomic E-state index is 0.250. The van der Waals surface area contributed by atoms with Gasteiger partial charge in [-0.1, -0.05) is 35.1 Å². The number of hydrogen-bond donors (Lipinski definition) is 2. The van der Waals surface area contributed by atoms with Crippen molar-refractivity contribution >= 4 is 33.0 Å². The minimum Gasteiger partial charge on any atom is -0.395 e. The summed E-state index contributed by atoms with van der Waals surface area (Å²) in [5.74, 6) is 0.658. The molecule has 3 aromatic rings. The molecule has 3 heterocycles. The van der Waals surface area contributed by atoms with Gasteiger partial charge >= 0.3 is 0 Å². The molecule has 2 N–H and O–H groups in total. The molecule has 1 saturated heterocycles. The number of likely N-dealkylation sites (tertiary alicyclic amines) is 1. The molecule has 0 radical (unpaired) electrons. The van der Waals surface area contributed by atoms with Crippen LogP contribution in [-0.2, 0) is 0 Å². The van der Waals surface area contributed by atoms with Crippen molar-refractivity contribution in [2.24, 2.45) is 5.92 Å². The van der Waals surface area contributed by atoms with E-state index in [4.69, 9.17) is 16.7 Å². The Balaban J connectivity index is 1.35. The van der Waals surface area contributed by atoms with Crippen LogP contribution in [0.5, 0.6) is 0 Å². The summed E-state index contributed by atoms with van der Waals surface area (Å²) in [6.07, 6.45) is 4.28. The molecule has 138 valence electrons. The summed E-state index contributed by atoms with van der Waals surface area (Å²) in [6.45, 7) is 4.12. The average Bonchev–Trinajstić information content (AvgIpc) is 3.21. The monoisotopic (exact) mass is 391 g/mol. The first-order valence-electron chi connectivity index (χ1n) is 8.90. The molecule has 1 aromatic carbocycles. The van der Waals surface area contributed by atoms with Crippen molar-refractivity contribution in [2.75, 3.05) is 38.1 Å². The van der Waals surface area contributed by atoms with Gasteiger partial charge in [-0.25, -0.2) is 9.50 Å². The number of nitrogens with zero attached hydrogens (tertiary/aromatic N) is 4. The highest BCUT2D eigenvalue weighted by Gasteiger charge is 2.19. The molecule has 8 heteroatoms. The third-order valence-electron chi connectivity index (χ3n) is 4.85. The standard InChI is InChI=1S/C18H22ClN5OS/c19-15-3-1-14(2-4-15)16-12-24-18(21-16)26-17(22-24)20-11-13-5-7-23(8-6-13)9-10-25/h1-4,12-13,25H,5-11H2,(H,20,22). The Morgan fingerprint density at radius 3 is 2.69 bits per heavy atom. The van der Waals surface area contributed by atoms with E-state index in [0.29, 0.717) is 5.92 Å². The van der Waals surface area contributed by atoms with Crippen molar-refractivity contribution in [1.82, 2.24) is 19.5 Å². The van der Waals surface area contributed by atoms with Gasteiger partial charge in [0.05, 0.1) is 18.5 Å². The van der Waals surface area contributed by atoms with E-state index < -0.39 is 0 Å². The van der Waals surface area contributed by atoms with E-state index in [2.05, 4.69) is 20.3 Å². The number of fused-ring (bicyclic) bond motifs is 1. The molecule has 0 atom stereocenters. The van der Waals surface area contributed by atoms with E-state index in [1.54, 1.807) is 11.3 Å². The molecule has 2 aromatic heterocycles. The number of aliphatic hydroxyl groups excluding tert-OH is 1. The van der Waals surface area contributed by atoms with Crippen LogP contribution < -0.4 is 5.32 Å². The molecular weight excluding hydrogens is 370 g/mol. The van der Waals surface area contributed by atoms with Crippen LogP contribution in [0.25, 0.3) is 16.2 Å². The van der Waals surface area contributed by atoms with Crippen LogP contribution in [-0.4, -0.2) is 57.4 Å². The number of aromatic nitrogens is 3. The largest absolute Gasteiger partial charge is 0.395 e. The first kappa shape index (κ1) is 17.7. The van der Waals surface area contributed by atoms with Gasteiger partial charge < -0.3 is 15.3 Å². The topological polar surface area (TPSA) is 65.7 Å². The van der Waals surface area contributed by atoms with Gasteiger partial charge in [-0.05, 0) is 44.0 Å². The van der Waals surface area contributed by atoms with Crippen LogP contribution in [0.1, 0.15) is 12.8 Å². The van der Waals surface area contributed by atoms with Crippen LogP contribution in [0.4, 0.5) is 5.13 Å². The van der Waals surface area contributed by atoms with Gasteiger partial charge in [-0.2, -0.15) is 0 Å². The van der Waals surface area contributed by atoms with Gasteiger partial charge in [0.1, 0.15) is 0 Å². The summed E-state index contributed by atoms with van der Waals surface area (Å²) in [5.41, 5.74) is 1.94. The van der Waals surface area contributed by atoms with Crippen molar-refractivity contribution < 1.29 is 5.11 Å². The Morgan fingerprint density at radius 2 is 2.00 bits per heavy atom. The molecule has 1 fully saturated rings. The molecule has 0 spiro atoms. The highest BCUT2D eigenvalue weighted by molar-refractivity contribution is 7.20. The number of nitrogens with one attached hydrogen (secondary N) is 1. The van der Waals surface area contributed by atoms with E-state index in [0.717, 1.165) is 65.4 Å². The Hall–Kier alpha value is -1.67. The SMILES string of the molecule is OCCN1CCC(CNc2nn3cc(-c4ccc(Cl)cc4)nc3s2)CC1. The van der Waals surface area contributed by atoms with Gasteiger partial charge in [-0.3, -0.25) is 0 Å². The molecule has 0 amide bonds. The maximum Gasteiger partial charge on any atom is 0.214 e. The van der Waals surface area contributed by atoms with Crippen molar-refractivity contribution in [3.8, 4) is 11.3 Å². The highest BCUT2D eigenvalue weighted by atomic mass is 35.5. The number of benzene rings is 1. The van der Waals surface area contributed by atoms with Crippen LogP contribution in [0.2, 0.25) is 5.02 Å². The van der Waals surface area contributed by atoms with Crippen LogP contribution in [0.3, 0.4) is 0 Å². The van der Waals surface area contributed by atoms with E-state index >= 15 is 0 Å². The molecule has 0 saturated carbocycles. The van der Waals surface area contributed by atoms with Gasteiger partial charge in [0, 0.05) is 23.7 Å². The molecule has 26 heavy (non-hydrogen) atoms. The first-order valence-corrected chi connectivity index (χ1v) is 10.1. The Kier molecular flexibility index (Phi) is 5.40. The maximum absolute atomic E-state index is 9.01. The van der Waals surface area contributed by atoms with Crippen LogP contribution in [0.15, 0.2) is 30.5 Å². The number of β-amino-alcohol motifs (C(OH)–C–C–N with tert-alkyl or cyclic N) is 1. The molecule has 0 bridgehead atoms. The predicted octanol–water partition coefficient (Wildman–Crippen LogP) is 3.23. The number of aliphatic hydroxyl groups is 1. The number of halogens is 1. The smallest absolute Gasteiger partial charge is 0.214 e. The van der Waals surface area contributed by atoms with Gasteiger partial charge in [0.25, 0.3) is 0 Å². The maximum atomic E-state index is 9.01. The Bertz CT molecular complexity index is 823. The van der Waals surface area contributed by atoms with Gasteiger partial charge in [0.2, 0.25) is 10.1 Å². The summed E-state index contributed by atoms with van der Waals surface area (Å²) in [4.78, 5) is 7.87. The average molecular weight is 392 g/mol. The lowest BCUT2D eigenvalue weighted by molar-refractivity contribution is 0.151. The summed E-state index contributed by atoms with van der Waals surface area (Å²) >= 11 is 7.52. The molecular formula is C18H22ClN5OS. The number of anilines is 1. The number of rotatable bonds is 6. The van der Waals surface area contributed by atoms with E-state index in [9.17, 15) is 0 Å². The third kappa shape index (κ3) is 4.01. The first-order chi connectivity index (χ1) is 12.7. The third-order valence-corrected chi connectivity index (χ3v) is 5.98. The molecule has 0 unspecified atom stereocenters. The van der Waals surface area contributed by atoms with Crippen molar-refractivity contribution in [1.29, 1.82) is 0 Å². The fourth-order valence-electron chi connectivity index (χ4n) is 3.32. The fourth-order valence-corrected chi connectivity index (χ4v) is 4.23. The second kappa shape index (κ2) is 7.92. The molecule has 6 nitrogen and oxygen atoms in total. The normalized spacial score (nSPS) is 16.4. The molecule has 1 aliphatic heterocycles. The van der Waals surface area contributed by atoms with Gasteiger partial charge in [-0.15, -0.1) is 5.10 Å². The Labute approximate surface area is 161 Å². The molecule has 4 rings (SSSR count). The zero-order valence-electron chi connectivity index (χ0n) is 14.4. The van der Waals surface area contributed by atoms with Crippen molar-refractivity contribution in [2.45, 2.75) is 12.8 Å². The summed E-state index contributed by atoms with van der Waals surface area (Å²) in [7, 11) is 0. The zero-order valence-corrected chi connectivity index (χ0v) is 16.0. The lowest BCUT2D eigenvalue weighted by atomic mass is 9.97. The number of piperidine rings is 1. The predicted molar refractivity (Wildman–Crippen MR) is 106 cm³/mol. The quantitative estimate of drug-likeness (QED) is 0.675. The number of hydrogen-bond acceptors (Lipinski definition) is 6. The van der Waals surface area contributed by atoms with Crippen molar-refractivity contribution in [3.63, 3.8) is 0 Å². The van der Waals surface area contributed by atoms with E-state index in [1.165, 1.54) is 0 Å². The van der Waals surface area contributed by atoms with Gasteiger partial charge in [0.15, 0.2) is 0 Å². The summed E-state index contributed by atoms with van der Waals surface area (Å²) < 4.78 is 1.83. The lowest BCUT2D eigenvalue weighted by Crippen LogP contribution is -2.37. The Morgan fingerprint density at radius 1 is 1.23 bits per heavy atom. The van der Waals surface area contributed by atoms with Crippen LogP contribution in [0, 0.1) is 5.92 Å². The van der Waals surface area contributed by atoms with Crippen molar-refractivity contribution in [3.05, 3.63) is 35.5 Å². The lowest BCUT2D eigenvalue weighted by Gasteiger charge is -2.31. The summed E-state index contributed by atoms with van der Waals surface area (Å²) in [6, 6.07) is 7.68. The minimum absolute atomic E-state index is 0.250. The highest BCUT2D eigenvalue weighted by Crippen LogP contribution is 2.26. The molecule has 1 aliphatic rings. The zero-order chi connectivity index (χ0) is 17.9. The second-order valence-electron chi connectivity index (χ2n) is 6.66. The number of imidazole rings is 1. The fraction of sp³-hybridized carbons (Fsp3) is 0.444. The van der Waals surface area contributed by atoms with Crippen LogP contribution >= 0.6 is 22.9 Å².